The maximum atomic E-state index is 13.1. The van der Waals surface area contributed by atoms with Crippen LogP contribution in [0.1, 0.15) is 11.1 Å². The van der Waals surface area contributed by atoms with E-state index in [9.17, 15) is 29.4 Å². The maximum absolute atomic E-state index is 13.1. The van der Waals surface area contributed by atoms with E-state index in [4.69, 9.17) is 4.74 Å². The highest BCUT2D eigenvalue weighted by molar-refractivity contribution is 8.14. The van der Waals surface area contributed by atoms with Gasteiger partial charge in [0.15, 0.2) is 18.0 Å². The third-order valence-corrected chi connectivity index (χ3v) is 6.01. The fraction of sp³-hybridized carbons (Fsp3) is 0.182. The lowest BCUT2D eigenvalue weighted by molar-refractivity contribution is -0.675. The minimum Gasteiger partial charge on any atom is -0.504 e. The van der Waals surface area contributed by atoms with Crippen molar-refractivity contribution in [3.05, 3.63) is 65.7 Å². The molecule has 2 N–H and O–H groups in total. The van der Waals surface area contributed by atoms with Crippen LogP contribution in [0.15, 0.2) is 54.6 Å². The first-order chi connectivity index (χ1) is 14.8. The number of imide groups is 3. The number of amides is 3. The number of nitrogens with zero attached hydrogens (tertiary/aromatic N) is 1. The Bertz CT molecular complexity index is 1070. The van der Waals surface area contributed by atoms with E-state index in [1.54, 1.807) is 24.3 Å². The van der Waals surface area contributed by atoms with E-state index in [1.165, 1.54) is 31.4 Å². The van der Waals surface area contributed by atoms with Gasteiger partial charge in [-0.15, -0.1) is 4.48 Å². The number of carboxylic acid groups (broad SMARTS) is 1. The lowest BCUT2D eigenvalue weighted by Gasteiger charge is -2.22. The third-order valence-electron chi connectivity index (χ3n) is 4.84. The molecule has 0 bridgehead atoms. The van der Waals surface area contributed by atoms with E-state index in [0.29, 0.717) is 17.3 Å². The molecule has 2 atom stereocenters. The topological polar surface area (TPSA) is 118 Å². The highest BCUT2D eigenvalue weighted by Crippen LogP contribution is 2.37. The molecule has 1 heterocycles. The number of quaternary nitrogens is 1. The van der Waals surface area contributed by atoms with Crippen molar-refractivity contribution in [3.8, 4) is 11.5 Å². The molecule has 0 aliphatic carbocycles. The van der Waals surface area contributed by atoms with Gasteiger partial charge in [-0.3, -0.25) is 0 Å². The largest absolute Gasteiger partial charge is 0.504 e. The van der Waals surface area contributed by atoms with Crippen LogP contribution in [0.3, 0.4) is 0 Å². The Hall–Kier alpha value is -3.43. The number of aliphatic carboxylic acids is 1. The van der Waals surface area contributed by atoms with Gasteiger partial charge in [-0.1, -0.05) is 36.4 Å². The Morgan fingerprint density at radius 2 is 1.87 bits per heavy atom. The fourth-order valence-corrected chi connectivity index (χ4v) is 4.49. The van der Waals surface area contributed by atoms with Crippen molar-refractivity contribution in [3.63, 3.8) is 0 Å². The summed E-state index contributed by atoms with van der Waals surface area (Å²) in [7, 11) is 1.37. The van der Waals surface area contributed by atoms with Gasteiger partial charge in [0.1, 0.15) is 5.25 Å². The molecule has 0 saturated carbocycles. The minimum atomic E-state index is -1.43. The van der Waals surface area contributed by atoms with Crippen molar-refractivity contribution < 1.29 is 38.6 Å². The number of hydrogen-bond donors (Lipinski definition) is 2. The lowest BCUT2D eigenvalue weighted by atomic mass is 10.1. The normalized spacial score (nSPS) is 20.9. The van der Waals surface area contributed by atoms with Gasteiger partial charge in [0.2, 0.25) is 0 Å². The summed E-state index contributed by atoms with van der Waals surface area (Å²) >= 11 is 0.688. The number of phenols is 1. The number of ether oxygens (including phenoxy) is 1. The van der Waals surface area contributed by atoms with Crippen LogP contribution < -0.4 is 4.74 Å². The number of hydrogen-bond acceptors (Lipinski definition) is 7. The second kappa shape index (κ2) is 9.15. The smallest absolute Gasteiger partial charge is 0.391 e. The third kappa shape index (κ3) is 4.52. The molecule has 1 saturated heterocycles. The average Bonchev–Trinajstić information content (AvgIpc) is 2.98. The number of methoxy groups -OCH3 is 1. The summed E-state index contributed by atoms with van der Waals surface area (Å²) in [6.07, 6.45) is 2.56. The number of carboxylic acids is 1. The summed E-state index contributed by atoms with van der Waals surface area (Å²) in [4.78, 5) is 50.4. The summed E-state index contributed by atoms with van der Waals surface area (Å²) in [6, 6.07) is 13.3. The van der Waals surface area contributed by atoms with Gasteiger partial charge in [0.05, 0.1) is 7.11 Å². The maximum Gasteiger partial charge on any atom is 0.391 e. The van der Waals surface area contributed by atoms with Crippen LogP contribution in [0.25, 0.3) is 6.08 Å². The van der Waals surface area contributed by atoms with E-state index < -0.39 is 39.3 Å². The zero-order valence-electron chi connectivity index (χ0n) is 16.6. The predicted molar refractivity (Wildman–Crippen MR) is 113 cm³/mol. The highest BCUT2D eigenvalue weighted by Gasteiger charge is 2.62. The SMILES string of the molecule is COc1cc(C=CC(=O)[N+]2(CC(=O)O)C(=O)SC(Cc3ccccc3)C2=O)ccc1O. The van der Waals surface area contributed by atoms with Crippen molar-refractivity contribution in [1.82, 2.24) is 0 Å². The van der Waals surface area contributed by atoms with E-state index >= 15 is 0 Å². The van der Waals surface area contributed by atoms with Crippen LogP contribution >= 0.6 is 11.8 Å². The molecule has 0 aromatic heterocycles. The number of carbonyl (C=O) groups excluding carboxylic acids is 3. The van der Waals surface area contributed by atoms with Crippen LogP contribution in [0, 0.1) is 0 Å². The van der Waals surface area contributed by atoms with Gasteiger partial charge in [0.25, 0.3) is 0 Å². The standard InChI is InChI=1S/C22H19NO7S/c1-30-17-11-15(7-9-16(17)24)8-10-19(25)23(13-20(26)27)21(28)18(31-22(23)29)12-14-5-3-2-4-6-14/h2-11,18H,12-13H2,1H3,(H-,24,25,26,27)/p+1. The van der Waals surface area contributed by atoms with Gasteiger partial charge in [0, 0.05) is 6.08 Å². The fourth-order valence-electron chi connectivity index (χ4n) is 3.27. The first kappa shape index (κ1) is 22.3. The minimum absolute atomic E-state index is 0.0922. The van der Waals surface area contributed by atoms with Gasteiger partial charge < -0.3 is 14.9 Å². The van der Waals surface area contributed by atoms with E-state index in [1.807, 2.05) is 6.07 Å². The zero-order valence-corrected chi connectivity index (χ0v) is 17.4. The molecule has 31 heavy (non-hydrogen) atoms. The van der Waals surface area contributed by atoms with E-state index in [2.05, 4.69) is 0 Å². The molecule has 1 aliphatic rings. The van der Waals surface area contributed by atoms with E-state index in [-0.39, 0.29) is 17.9 Å². The van der Waals surface area contributed by atoms with Crippen molar-refractivity contribution in [2.45, 2.75) is 11.7 Å². The molecule has 160 valence electrons. The summed E-state index contributed by atoms with van der Waals surface area (Å²) in [6.45, 7) is -0.960. The van der Waals surface area contributed by atoms with Crippen LogP contribution in [0.5, 0.6) is 11.5 Å². The molecule has 3 amide bonds. The number of benzene rings is 2. The van der Waals surface area contributed by atoms with Crippen molar-refractivity contribution in [2.75, 3.05) is 13.7 Å². The molecule has 0 spiro atoms. The second-order valence-corrected chi connectivity index (χ2v) is 8.02. The molecular weight excluding hydrogens is 422 g/mol. The van der Waals surface area contributed by atoms with Gasteiger partial charge >= 0.3 is 23.0 Å². The molecule has 0 radical (unpaired) electrons. The van der Waals surface area contributed by atoms with Crippen molar-refractivity contribution in [2.24, 2.45) is 0 Å². The molecule has 1 aliphatic heterocycles. The van der Waals surface area contributed by atoms with Crippen LogP contribution in [-0.2, 0) is 20.8 Å². The number of rotatable bonds is 7. The summed E-state index contributed by atoms with van der Waals surface area (Å²) in [5.41, 5.74) is 1.26. The Morgan fingerprint density at radius 1 is 1.16 bits per heavy atom. The Kier molecular flexibility index (Phi) is 6.57. The molecule has 2 aromatic carbocycles. The Balaban J connectivity index is 1.90. The second-order valence-electron chi connectivity index (χ2n) is 6.86. The Morgan fingerprint density at radius 3 is 2.52 bits per heavy atom. The Labute approximate surface area is 182 Å². The molecular formula is C22H20NO7S+. The van der Waals surface area contributed by atoms with Gasteiger partial charge in [-0.05, 0) is 47.5 Å². The van der Waals surface area contributed by atoms with Gasteiger partial charge in [-0.25, -0.2) is 19.2 Å². The number of phenolic OH excluding ortho intramolecular Hbond substituents is 1. The first-order valence-electron chi connectivity index (χ1n) is 9.27. The zero-order chi connectivity index (χ0) is 22.6. The number of thioether (sulfide) groups is 1. The van der Waals surface area contributed by atoms with Crippen molar-refractivity contribution >= 4 is 40.9 Å². The monoisotopic (exact) mass is 442 g/mol. The highest BCUT2D eigenvalue weighted by atomic mass is 32.2. The van der Waals surface area contributed by atoms with Crippen LogP contribution in [-0.4, -0.2) is 56.6 Å². The molecule has 2 unspecified atom stereocenters. The van der Waals surface area contributed by atoms with Crippen LogP contribution in [0.4, 0.5) is 4.79 Å². The molecule has 1 fully saturated rings. The molecule has 9 heteroatoms. The molecule has 2 aromatic rings. The first-order valence-corrected chi connectivity index (χ1v) is 10.1. The molecule has 8 nitrogen and oxygen atoms in total. The molecule has 3 rings (SSSR count). The van der Waals surface area contributed by atoms with E-state index in [0.717, 1.165) is 11.6 Å². The van der Waals surface area contributed by atoms with Gasteiger partial charge in [-0.2, -0.15) is 0 Å². The lowest BCUT2D eigenvalue weighted by Crippen LogP contribution is -2.59. The summed E-state index contributed by atoms with van der Waals surface area (Å²) < 4.78 is 3.59. The number of aromatic hydroxyl groups is 1. The quantitative estimate of drug-likeness (QED) is 0.496. The average molecular weight is 442 g/mol. The summed E-state index contributed by atoms with van der Waals surface area (Å²) in [5.74, 6) is -3.04. The predicted octanol–water partition coefficient (Wildman–Crippen LogP) is 2.85. The van der Waals surface area contributed by atoms with Crippen LogP contribution in [0.2, 0.25) is 0 Å². The number of carbonyl (C=O) groups is 4. The summed E-state index contributed by atoms with van der Waals surface area (Å²) in [5, 5.41) is 17.3. The van der Waals surface area contributed by atoms with Crippen molar-refractivity contribution in [1.29, 1.82) is 0 Å².